The van der Waals surface area contributed by atoms with E-state index in [1.165, 1.54) is 20.2 Å². The first-order chi connectivity index (χ1) is 21.4. The minimum absolute atomic E-state index is 0.810. The van der Waals surface area contributed by atoms with Crippen LogP contribution in [-0.2, 0) is 0 Å². The van der Waals surface area contributed by atoms with Crippen molar-refractivity contribution in [3.63, 3.8) is 0 Å². The summed E-state index contributed by atoms with van der Waals surface area (Å²) in [4.78, 5) is 0. The molecule has 0 aliphatic heterocycles. The Labute approximate surface area is 253 Å². The monoisotopic (exact) mass is 567 g/mol. The summed E-state index contributed by atoms with van der Waals surface area (Å²) in [5.41, 5.74) is 10.3. The average Bonchev–Trinajstić information content (AvgIpc) is 3.48. The highest BCUT2D eigenvalue weighted by molar-refractivity contribution is 7.25. The molecular weight excluding hydrogens is 543 g/mol. The Morgan fingerprint density at radius 3 is 1.56 bits per heavy atom. The lowest BCUT2D eigenvalue weighted by Crippen LogP contribution is -2.02. The van der Waals surface area contributed by atoms with Gasteiger partial charge in [-0.1, -0.05) is 140 Å². The smallest absolute Gasteiger partial charge is 0.105 e. The van der Waals surface area contributed by atoms with Crippen LogP contribution in [0.3, 0.4) is 0 Å². The van der Waals surface area contributed by atoms with E-state index in [2.05, 4.69) is 151 Å². The highest BCUT2D eigenvalue weighted by Crippen LogP contribution is 2.47. The molecule has 0 aliphatic rings. The fourth-order valence-electron chi connectivity index (χ4n) is 6.06. The van der Waals surface area contributed by atoms with Gasteiger partial charge in [0.05, 0.1) is 0 Å². The zero-order chi connectivity index (χ0) is 28.6. The summed E-state index contributed by atoms with van der Waals surface area (Å²) in [5.74, 6) is 0. The average molecular weight is 568 g/mol. The first-order valence-electron chi connectivity index (χ1n) is 14.3. The van der Waals surface area contributed by atoms with Gasteiger partial charge in [-0.3, -0.25) is 0 Å². The van der Waals surface area contributed by atoms with Gasteiger partial charge < -0.3 is 0 Å². The van der Waals surface area contributed by atoms with Crippen molar-refractivity contribution in [1.82, 2.24) is 15.4 Å². The Balaban J connectivity index is 1.50. The second-order valence-electron chi connectivity index (χ2n) is 10.5. The Hall–Kier alpha value is -5.45. The molecule has 0 bridgehead atoms. The minimum Gasteiger partial charge on any atom is -0.135 e. The van der Waals surface area contributed by atoms with E-state index in [4.69, 9.17) is 10.2 Å². The number of thiophene rings is 1. The lowest BCUT2D eigenvalue weighted by atomic mass is 9.87. The van der Waals surface area contributed by atoms with Crippen molar-refractivity contribution < 1.29 is 0 Å². The van der Waals surface area contributed by atoms with Crippen LogP contribution < -0.4 is 0 Å². The van der Waals surface area contributed by atoms with E-state index in [-0.39, 0.29) is 0 Å². The molecule has 2 aromatic heterocycles. The molecule has 6 aromatic carbocycles. The lowest BCUT2D eigenvalue weighted by molar-refractivity contribution is 0.879. The highest BCUT2D eigenvalue weighted by Gasteiger charge is 2.24. The van der Waals surface area contributed by atoms with Crippen LogP contribution in [0.4, 0.5) is 0 Å². The van der Waals surface area contributed by atoms with Crippen LogP contribution in [0.2, 0.25) is 0 Å². The predicted molar refractivity (Wildman–Crippen MR) is 180 cm³/mol. The Morgan fingerprint density at radius 2 is 0.860 bits per heavy atom. The Kier molecular flexibility index (Phi) is 6.32. The van der Waals surface area contributed by atoms with Crippen LogP contribution in [-0.4, -0.2) is 15.4 Å². The number of hydrogen-bond acceptors (Lipinski definition) is 4. The number of fused-ring (bicyclic) bond motifs is 3. The summed E-state index contributed by atoms with van der Waals surface area (Å²) in [6.45, 7) is 0. The van der Waals surface area contributed by atoms with Gasteiger partial charge in [0.1, 0.15) is 11.4 Å². The van der Waals surface area contributed by atoms with Gasteiger partial charge in [-0.15, -0.1) is 21.5 Å². The second kappa shape index (κ2) is 10.8. The fraction of sp³-hybridized carbons (Fsp3) is 0. The van der Waals surface area contributed by atoms with Gasteiger partial charge in [-0.2, -0.15) is 0 Å². The summed E-state index contributed by atoms with van der Waals surface area (Å²) < 4.78 is 2.48. The lowest BCUT2D eigenvalue weighted by Gasteiger charge is -2.18. The molecule has 8 aromatic rings. The van der Waals surface area contributed by atoms with Crippen molar-refractivity contribution in [2.75, 3.05) is 0 Å². The standard InChI is InChI=1S/C39H25N3S/c1-3-14-26(15-4-1)28-18-7-9-20-30(28)37-38(31-21-10-8-19-29(31)27-16-5-2-6-17-27)40-42-41-39(37)33-23-13-25-35-36(33)32-22-11-12-24-34(32)43-35/h1-25H. The molecule has 2 heterocycles. The van der Waals surface area contributed by atoms with Gasteiger partial charge in [0.25, 0.3) is 0 Å². The summed E-state index contributed by atoms with van der Waals surface area (Å²) in [5, 5.41) is 16.5. The Bertz CT molecular complexity index is 2240. The molecule has 0 N–H and O–H groups in total. The fourth-order valence-corrected chi connectivity index (χ4v) is 7.19. The van der Waals surface area contributed by atoms with Gasteiger partial charge in [0, 0.05) is 36.9 Å². The van der Waals surface area contributed by atoms with Crippen LogP contribution in [0.15, 0.2) is 152 Å². The SMILES string of the molecule is c1ccc(-c2ccccc2-c2nnnc(-c3cccc4sc5ccccc5c34)c2-c2ccccc2-c2ccccc2)cc1. The maximum absolute atomic E-state index is 4.83. The maximum Gasteiger partial charge on any atom is 0.105 e. The Morgan fingerprint density at radius 1 is 0.372 bits per heavy atom. The predicted octanol–water partition coefficient (Wildman–Crippen LogP) is 10.6. The molecule has 0 aliphatic carbocycles. The number of aromatic nitrogens is 3. The molecule has 8 rings (SSSR count). The number of benzene rings is 6. The summed E-state index contributed by atoms with van der Waals surface area (Å²) in [6.07, 6.45) is 0. The highest BCUT2D eigenvalue weighted by atomic mass is 32.1. The molecule has 43 heavy (non-hydrogen) atoms. The summed E-state index contributed by atoms with van der Waals surface area (Å²) >= 11 is 1.81. The topological polar surface area (TPSA) is 38.7 Å². The van der Waals surface area contributed by atoms with E-state index in [9.17, 15) is 0 Å². The van der Waals surface area contributed by atoms with Crippen molar-refractivity contribution in [3.8, 4) is 55.9 Å². The van der Waals surface area contributed by atoms with E-state index < -0.39 is 0 Å². The normalized spacial score (nSPS) is 11.3. The van der Waals surface area contributed by atoms with E-state index in [1.54, 1.807) is 0 Å². The van der Waals surface area contributed by atoms with Crippen molar-refractivity contribution in [1.29, 1.82) is 0 Å². The van der Waals surface area contributed by atoms with Crippen LogP contribution >= 0.6 is 11.3 Å². The van der Waals surface area contributed by atoms with Gasteiger partial charge in [0.15, 0.2) is 0 Å². The number of nitrogens with zero attached hydrogens (tertiary/aromatic N) is 3. The van der Waals surface area contributed by atoms with E-state index in [1.807, 2.05) is 17.4 Å². The molecule has 202 valence electrons. The zero-order valence-electron chi connectivity index (χ0n) is 23.2. The second-order valence-corrected chi connectivity index (χ2v) is 11.5. The maximum atomic E-state index is 4.83. The third kappa shape index (κ3) is 4.40. The van der Waals surface area contributed by atoms with E-state index in [0.29, 0.717) is 0 Å². The largest absolute Gasteiger partial charge is 0.135 e. The van der Waals surface area contributed by atoms with Crippen LogP contribution in [0.1, 0.15) is 0 Å². The molecule has 0 saturated carbocycles. The molecule has 4 heteroatoms. The molecular formula is C39H25N3S. The van der Waals surface area contributed by atoms with Gasteiger partial charge in [0.2, 0.25) is 0 Å². The number of hydrogen-bond donors (Lipinski definition) is 0. The van der Waals surface area contributed by atoms with Crippen molar-refractivity contribution in [2.24, 2.45) is 0 Å². The zero-order valence-corrected chi connectivity index (χ0v) is 24.0. The molecule has 0 amide bonds. The molecule has 0 spiro atoms. The van der Waals surface area contributed by atoms with Crippen LogP contribution in [0, 0.1) is 0 Å². The third-order valence-corrected chi connectivity index (χ3v) is 9.10. The quantitative estimate of drug-likeness (QED) is 0.208. The molecule has 0 fully saturated rings. The van der Waals surface area contributed by atoms with Gasteiger partial charge >= 0.3 is 0 Å². The molecule has 0 atom stereocenters. The van der Waals surface area contributed by atoms with Crippen LogP contribution in [0.5, 0.6) is 0 Å². The van der Waals surface area contributed by atoms with Crippen molar-refractivity contribution in [3.05, 3.63) is 152 Å². The van der Waals surface area contributed by atoms with E-state index in [0.717, 1.165) is 55.9 Å². The van der Waals surface area contributed by atoms with Gasteiger partial charge in [-0.05, 0) is 45.2 Å². The summed E-state index contributed by atoms with van der Waals surface area (Å²) in [7, 11) is 0. The minimum atomic E-state index is 0.810. The van der Waals surface area contributed by atoms with Crippen molar-refractivity contribution >= 4 is 31.5 Å². The molecule has 0 unspecified atom stereocenters. The first-order valence-corrected chi connectivity index (χ1v) is 15.1. The van der Waals surface area contributed by atoms with Gasteiger partial charge in [-0.25, -0.2) is 0 Å². The number of rotatable bonds is 5. The molecule has 0 saturated heterocycles. The summed E-state index contributed by atoms with van der Waals surface area (Å²) in [6, 6.07) is 53.1. The van der Waals surface area contributed by atoms with Crippen LogP contribution in [0.25, 0.3) is 76.1 Å². The van der Waals surface area contributed by atoms with E-state index >= 15 is 0 Å². The first kappa shape index (κ1) is 25.3. The van der Waals surface area contributed by atoms with Crippen molar-refractivity contribution in [2.45, 2.75) is 0 Å². The molecule has 0 radical (unpaired) electrons. The molecule has 3 nitrogen and oxygen atoms in total. The third-order valence-electron chi connectivity index (χ3n) is 7.97.